The van der Waals surface area contributed by atoms with Crippen LogP contribution in [0.3, 0.4) is 0 Å². The van der Waals surface area contributed by atoms with Gasteiger partial charge in [0.15, 0.2) is 0 Å². The van der Waals surface area contributed by atoms with Crippen molar-refractivity contribution >= 4 is 39.6 Å². The number of aromatic nitrogens is 2. The molecule has 2 aromatic rings. The molecule has 0 bridgehead atoms. The molecule has 0 aliphatic carbocycles. The van der Waals surface area contributed by atoms with Crippen LogP contribution in [-0.2, 0) is 13.0 Å². The van der Waals surface area contributed by atoms with E-state index in [1.807, 2.05) is 12.1 Å². The van der Waals surface area contributed by atoms with Crippen molar-refractivity contribution < 1.29 is 0 Å². The zero-order valence-corrected chi connectivity index (χ0v) is 11.3. The Hall–Kier alpha value is -0.650. The molecule has 0 spiro atoms. The van der Waals surface area contributed by atoms with Crippen molar-refractivity contribution in [3.05, 3.63) is 27.2 Å². The molecule has 3 nitrogen and oxygen atoms in total. The molecule has 0 aromatic carbocycles. The van der Waals surface area contributed by atoms with Crippen LogP contribution in [0.5, 0.6) is 0 Å². The molecule has 0 saturated heterocycles. The van der Waals surface area contributed by atoms with E-state index in [4.69, 9.17) is 11.6 Å². The maximum Gasteiger partial charge on any atom is 0.202 e. The Kier molecular flexibility index (Phi) is 4.15. The van der Waals surface area contributed by atoms with E-state index in [2.05, 4.69) is 21.6 Å². The second-order valence-corrected chi connectivity index (χ2v) is 5.88. The van der Waals surface area contributed by atoms with E-state index in [0.29, 0.717) is 0 Å². The first kappa shape index (κ1) is 11.8. The first-order valence-corrected chi connectivity index (χ1v) is 7.05. The third kappa shape index (κ3) is 3.17. The highest BCUT2D eigenvalue weighted by atomic mass is 35.5. The van der Waals surface area contributed by atoms with Crippen molar-refractivity contribution in [3.63, 3.8) is 0 Å². The van der Waals surface area contributed by atoms with Crippen LogP contribution in [0, 0.1) is 0 Å². The minimum absolute atomic E-state index is 0.762. The zero-order chi connectivity index (χ0) is 11.4. The van der Waals surface area contributed by atoms with Gasteiger partial charge in [0.05, 0.1) is 10.9 Å². The van der Waals surface area contributed by atoms with Crippen molar-refractivity contribution in [3.8, 4) is 0 Å². The van der Waals surface area contributed by atoms with Gasteiger partial charge in [0.1, 0.15) is 5.82 Å². The van der Waals surface area contributed by atoms with Gasteiger partial charge in [0, 0.05) is 22.8 Å². The molecular formula is C10H12ClN3S2. The third-order valence-electron chi connectivity index (χ3n) is 1.98. The van der Waals surface area contributed by atoms with E-state index in [1.54, 1.807) is 11.3 Å². The second kappa shape index (κ2) is 5.61. The molecule has 0 aliphatic rings. The van der Waals surface area contributed by atoms with Gasteiger partial charge >= 0.3 is 0 Å². The van der Waals surface area contributed by atoms with Gasteiger partial charge in [-0.15, -0.1) is 11.3 Å². The smallest absolute Gasteiger partial charge is 0.202 e. The van der Waals surface area contributed by atoms with Gasteiger partial charge < -0.3 is 5.32 Å². The summed E-state index contributed by atoms with van der Waals surface area (Å²) in [5.74, 6) is 0.930. The number of halogens is 1. The molecule has 0 fully saturated rings. The summed E-state index contributed by atoms with van der Waals surface area (Å²) in [6.45, 7) is 2.89. The Labute approximate surface area is 108 Å². The molecule has 6 heteroatoms. The number of nitrogens with one attached hydrogen (secondary N) is 1. The number of anilines is 1. The fourth-order valence-corrected chi connectivity index (χ4v) is 2.89. The van der Waals surface area contributed by atoms with Gasteiger partial charge in [-0.05, 0) is 18.6 Å². The number of thiophene rings is 1. The SMILES string of the molecule is CCCc1nsc(NCc2ccc(Cl)s2)n1. The summed E-state index contributed by atoms with van der Waals surface area (Å²) in [6, 6.07) is 3.93. The Morgan fingerprint density at radius 2 is 2.31 bits per heavy atom. The van der Waals surface area contributed by atoms with Crippen molar-refractivity contribution in [1.29, 1.82) is 0 Å². The fraction of sp³-hybridized carbons (Fsp3) is 0.400. The van der Waals surface area contributed by atoms with Crippen LogP contribution in [-0.4, -0.2) is 9.36 Å². The normalized spacial score (nSPS) is 10.6. The molecule has 1 N–H and O–H groups in total. The summed E-state index contributed by atoms with van der Waals surface area (Å²) in [4.78, 5) is 5.60. The zero-order valence-electron chi connectivity index (χ0n) is 8.86. The van der Waals surface area contributed by atoms with E-state index in [-0.39, 0.29) is 0 Å². The van der Waals surface area contributed by atoms with Gasteiger partial charge in [0.25, 0.3) is 0 Å². The van der Waals surface area contributed by atoms with Crippen molar-refractivity contribution in [2.45, 2.75) is 26.3 Å². The minimum Gasteiger partial charge on any atom is -0.355 e. The molecule has 0 atom stereocenters. The average molecular weight is 274 g/mol. The predicted molar refractivity (Wildman–Crippen MR) is 70.6 cm³/mol. The molecular weight excluding hydrogens is 262 g/mol. The summed E-state index contributed by atoms with van der Waals surface area (Å²) in [6.07, 6.45) is 2.03. The van der Waals surface area contributed by atoms with E-state index < -0.39 is 0 Å². The predicted octanol–water partition coefficient (Wildman–Crippen LogP) is 3.82. The molecule has 0 aliphatic heterocycles. The van der Waals surface area contributed by atoms with Gasteiger partial charge in [-0.25, -0.2) is 4.98 Å². The van der Waals surface area contributed by atoms with Crippen LogP contribution in [0.15, 0.2) is 12.1 Å². The number of nitrogens with zero attached hydrogens (tertiary/aromatic N) is 2. The lowest BCUT2D eigenvalue weighted by Crippen LogP contribution is -1.97. The average Bonchev–Trinajstić information content (AvgIpc) is 2.85. The molecule has 0 amide bonds. The monoisotopic (exact) mass is 273 g/mol. The van der Waals surface area contributed by atoms with E-state index in [1.165, 1.54) is 16.4 Å². The minimum atomic E-state index is 0.762. The first-order chi connectivity index (χ1) is 7.78. The molecule has 86 valence electrons. The number of rotatable bonds is 5. The van der Waals surface area contributed by atoms with Gasteiger partial charge in [-0.2, -0.15) is 4.37 Å². The highest BCUT2D eigenvalue weighted by Gasteiger charge is 2.03. The van der Waals surface area contributed by atoms with Crippen LogP contribution >= 0.6 is 34.5 Å². The van der Waals surface area contributed by atoms with E-state index in [9.17, 15) is 0 Å². The highest BCUT2D eigenvalue weighted by molar-refractivity contribution is 7.16. The Morgan fingerprint density at radius 3 is 3.00 bits per heavy atom. The van der Waals surface area contributed by atoms with Gasteiger partial charge in [0.2, 0.25) is 5.13 Å². The molecule has 16 heavy (non-hydrogen) atoms. The highest BCUT2D eigenvalue weighted by Crippen LogP contribution is 2.22. The largest absolute Gasteiger partial charge is 0.355 e. The Bertz CT molecular complexity index is 452. The number of aryl methyl sites for hydroxylation is 1. The molecule has 0 unspecified atom stereocenters. The van der Waals surface area contributed by atoms with Crippen LogP contribution < -0.4 is 5.32 Å². The lowest BCUT2D eigenvalue weighted by molar-refractivity contribution is 0.861. The quantitative estimate of drug-likeness (QED) is 0.900. The summed E-state index contributed by atoms with van der Waals surface area (Å²) < 4.78 is 5.09. The number of hydrogen-bond donors (Lipinski definition) is 1. The molecule has 0 saturated carbocycles. The van der Waals surface area contributed by atoms with Crippen molar-refractivity contribution in [2.75, 3.05) is 5.32 Å². The summed E-state index contributed by atoms with van der Waals surface area (Å²) in [7, 11) is 0. The van der Waals surface area contributed by atoms with Gasteiger partial charge in [-0.1, -0.05) is 18.5 Å². The molecule has 2 aromatic heterocycles. The standard InChI is InChI=1S/C10H12ClN3S2/c1-2-3-9-13-10(16-14-9)12-6-7-4-5-8(11)15-7/h4-5H,2-3,6H2,1H3,(H,12,13,14). The molecule has 2 heterocycles. The summed E-state index contributed by atoms with van der Waals surface area (Å²) >= 11 is 8.85. The second-order valence-electron chi connectivity index (χ2n) is 3.33. The summed E-state index contributed by atoms with van der Waals surface area (Å²) in [5, 5.41) is 4.13. The third-order valence-corrected chi connectivity index (χ3v) is 3.93. The maximum absolute atomic E-state index is 5.85. The Morgan fingerprint density at radius 1 is 1.44 bits per heavy atom. The van der Waals surface area contributed by atoms with Crippen molar-refractivity contribution in [1.82, 2.24) is 9.36 Å². The van der Waals surface area contributed by atoms with Gasteiger partial charge in [-0.3, -0.25) is 0 Å². The lowest BCUT2D eigenvalue weighted by atomic mass is 10.3. The van der Waals surface area contributed by atoms with Crippen molar-refractivity contribution in [2.24, 2.45) is 0 Å². The number of hydrogen-bond acceptors (Lipinski definition) is 5. The summed E-state index contributed by atoms with van der Waals surface area (Å²) in [5.41, 5.74) is 0. The first-order valence-electron chi connectivity index (χ1n) is 5.08. The van der Waals surface area contributed by atoms with Crippen LogP contribution in [0.4, 0.5) is 5.13 Å². The maximum atomic E-state index is 5.85. The molecule has 0 radical (unpaired) electrons. The van der Waals surface area contributed by atoms with E-state index in [0.717, 1.165) is 34.7 Å². The van der Waals surface area contributed by atoms with E-state index >= 15 is 0 Å². The van der Waals surface area contributed by atoms with Crippen LogP contribution in [0.2, 0.25) is 4.34 Å². The fourth-order valence-electron chi connectivity index (χ4n) is 1.26. The van der Waals surface area contributed by atoms with Crippen LogP contribution in [0.1, 0.15) is 24.0 Å². The topological polar surface area (TPSA) is 37.8 Å². The van der Waals surface area contributed by atoms with Crippen LogP contribution in [0.25, 0.3) is 0 Å². The lowest BCUT2D eigenvalue weighted by Gasteiger charge is -1.97. The Balaban J connectivity index is 1.89. The molecule has 2 rings (SSSR count).